The van der Waals surface area contributed by atoms with Crippen molar-refractivity contribution in [3.63, 3.8) is 0 Å². The second kappa shape index (κ2) is 6.64. The van der Waals surface area contributed by atoms with E-state index in [9.17, 15) is 4.79 Å². The molecule has 0 saturated heterocycles. The molecule has 0 aliphatic rings. The number of carbonyl (C=O) groups is 1. The van der Waals surface area contributed by atoms with Crippen molar-refractivity contribution in [2.75, 3.05) is 12.4 Å². The summed E-state index contributed by atoms with van der Waals surface area (Å²) >= 11 is 11.9. The van der Waals surface area contributed by atoms with Gasteiger partial charge < -0.3 is 10.1 Å². The van der Waals surface area contributed by atoms with Crippen molar-refractivity contribution >= 4 is 34.9 Å². The molecular weight excluding hydrogens is 297 g/mol. The van der Waals surface area contributed by atoms with Gasteiger partial charge in [0.1, 0.15) is 0 Å². The molecule has 104 valence electrons. The van der Waals surface area contributed by atoms with E-state index in [1.54, 1.807) is 18.2 Å². The highest BCUT2D eigenvalue weighted by atomic mass is 35.5. The summed E-state index contributed by atoms with van der Waals surface area (Å²) in [4.78, 5) is 12.0. The summed E-state index contributed by atoms with van der Waals surface area (Å²) in [5.41, 5.74) is 1.50. The second-order valence-electron chi connectivity index (χ2n) is 4.14. The van der Waals surface area contributed by atoms with Gasteiger partial charge in [-0.1, -0.05) is 47.5 Å². The predicted octanol–water partition coefficient (Wildman–Crippen LogP) is 4.32. The lowest BCUT2D eigenvalue weighted by molar-refractivity contribution is -0.141. The van der Waals surface area contributed by atoms with Gasteiger partial charge in [0.15, 0.2) is 6.04 Å². The molecule has 1 unspecified atom stereocenters. The van der Waals surface area contributed by atoms with Gasteiger partial charge in [0, 0.05) is 5.69 Å². The number of benzene rings is 2. The lowest BCUT2D eigenvalue weighted by Crippen LogP contribution is -2.22. The van der Waals surface area contributed by atoms with E-state index in [0.29, 0.717) is 15.6 Å². The van der Waals surface area contributed by atoms with Crippen molar-refractivity contribution in [3.05, 3.63) is 64.1 Å². The van der Waals surface area contributed by atoms with Gasteiger partial charge in [0.2, 0.25) is 0 Å². The lowest BCUT2D eigenvalue weighted by Gasteiger charge is -2.18. The quantitative estimate of drug-likeness (QED) is 0.855. The molecule has 0 aliphatic carbocycles. The zero-order chi connectivity index (χ0) is 14.5. The van der Waals surface area contributed by atoms with Crippen LogP contribution in [0.2, 0.25) is 10.0 Å². The van der Waals surface area contributed by atoms with E-state index in [-0.39, 0.29) is 0 Å². The zero-order valence-corrected chi connectivity index (χ0v) is 12.3. The normalized spacial score (nSPS) is 11.8. The van der Waals surface area contributed by atoms with Gasteiger partial charge in [0.05, 0.1) is 17.2 Å². The summed E-state index contributed by atoms with van der Waals surface area (Å²) in [5.74, 6) is -0.396. The lowest BCUT2D eigenvalue weighted by atomic mass is 10.1. The topological polar surface area (TPSA) is 38.3 Å². The Labute approximate surface area is 127 Å². The summed E-state index contributed by atoms with van der Waals surface area (Å²) in [6.07, 6.45) is 0. The minimum absolute atomic E-state index is 0.396. The number of anilines is 1. The largest absolute Gasteiger partial charge is 0.467 e. The third kappa shape index (κ3) is 3.44. The molecule has 2 rings (SSSR count). The summed E-state index contributed by atoms with van der Waals surface area (Å²) in [5, 5.41) is 3.96. The fourth-order valence-corrected chi connectivity index (χ4v) is 2.10. The predicted molar refractivity (Wildman–Crippen MR) is 81.3 cm³/mol. The van der Waals surface area contributed by atoms with E-state index < -0.39 is 12.0 Å². The Bertz CT molecular complexity index is 602. The summed E-state index contributed by atoms with van der Waals surface area (Å²) < 4.78 is 4.83. The maximum Gasteiger partial charge on any atom is 0.332 e. The number of halogens is 2. The van der Waals surface area contributed by atoms with E-state index in [2.05, 4.69) is 5.32 Å². The third-order valence-corrected chi connectivity index (χ3v) is 3.54. The van der Waals surface area contributed by atoms with Crippen LogP contribution >= 0.6 is 23.2 Å². The molecule has 0 spiro atoms. The smallest absolute Gasteiger partial charge is 0.332 e. The van der Waals surface area contributed by atoms with Crippen LogP contribution in [0.5, 0.6) is 0 Å². The van der Waals surface area contributed by atoms with Crippen LogP contribution in [-0.4, -0.2) is 13.1 Å². The molecule has 0 fully saturated rings. The van der Waals surface area contributed by atoms with Crippen LogP contribution in [-0.2, 0) is 9.53 Å². The van der Waals surface area contributed by atoms with E-state index in [1.165, 1.54) is 7.11 Å². The number of ether oxygens (including phenoxy) is 1. The molecule has 0 aromatic heterocycles. The van der Waals surface area contributed by atoms with Crippen LogP contribution in [0.1, 0.15) is 11.6 Å². The molecule has 2 aromatic rings. The van der Waals surface area contributed by atoms with Crippen LogP contribution < -0.4 is 5.32 Å². The average molecular weight is 310 g/mol. The van der Waals surface area contributed by atoms with Gasteiger partial charge in [0.25, 0.3) is 0 Å². The first-order chi connectivity index (χ1) is 9.61. The first-order valence-electron chi connectivity index (χ1n) is 5.96. The van der Waals surface area contributed by atoms with Crippen molar-refractivity contribution in [1.29, 1.82) is 0 Å². The minimum atomic E-state index is -0.642. The number of nitrogens with one attached hydrogen (secondary N) is 1. The van der Waals surface area contributed by atoms with Gasteiger partial charge in [-0.25, -0.2) is 4.79 Å². The fourth-order valence-electron chi connectivity index (χ4n) is 1.79. The molecule has 0 bridgehead atoms. The molecular formula is C15H13Cl2NO2. The molecule has 2 aromatic carbocycles. The summed E-state index contributed by atoms with van der Waals surface area (Å²) in [7, 11) is 1.35. The van der Waals surface area contributed by atoms with Gasteiger partial charge in [-0.3, -0.25) is 0 Å². The second-order valence-corrected chi connectivity index (χ2v) is 4.95. The molecule has 5 heteroatoms. The van der Waals surface area contributed by atoms with Gasteiger partial charge >= 0.3 is 5.97 Å². The number of para-hydroxylation sites is 1. The maximum absolute atomic E-state index is 12.0. The SMILES string of the molecule is COC(=O)C(Nc1ccccc1)c1ccc(Cl)c(Cl)c1. The Morgan fingerprint density at radius 2 is 1.80 bits per heavy atom. The highest BCUT2D eigenvalue weighted by Gasteiger charge is 2.22. The molecule has 1 N–H and O–H groups in total. The minimum Gasteiger partial charge on any atom is -0.467 e. The van der Waals surface area contributed by atoms with Crippen molar-refractivity contribution in [1.82, 2.24) is 0 Å². The van der Waals surface area contributed by atoms with Gasteiger partial charge in [-0.15, -0.1) is 0 Å². The van der Waals surface area contributed by atoms with Crippen LogP contribution in [0.3, 0.4) is 0 Å². The number of hydrogen-bond donors (Lipinski definition) is 1. The third-order valence-electron chi connectivity index (χ3n) is 2.80. The van der Waals surface area contributed by atoms with Crippen molar-refractivity contribution in [2.45, 2.75) is 6.04 Å². The van der Waals surface area contributed by atoms with E-state index in [4.69, 9.17) is 27.9 Å². The fraction of sp³-hybridized carbons (Fsp3) is 0.133. The monoisotopic (exact) mass is 309 g/mol. The van der Waals surface area contributed by atoms with Crippen molar-refractivity contribution < 1.29 is 9.53 Å². The molecule has 0 amide bonds. The van der Waals surface area contributed by atoms with Crippen LogP contribution in [0.4, 0.5) is 5.69 Å². The number of methoxy groups -OCH3 is 1. The van der Waals surface area contributed by atoms with Crippen LogP contribution in [0.15, 0.2) is 48.5 Å². The van der Waals surface area contributed by atoms with Gasteiger partial charge in [-0.2, -0.15) is 0 Å². The summed E-state index contributed by atoms with van der Waals surface area (Å²) in [6, 6.07) is 13.8. The van der Waals surface area contributed by atoms with E-state index in [0.717, 1.165) is 5.69 Å². The Balaban J connectivity index is 2.32. The van der Waals surface area contributed by atoms with Gasteiger partial charge in [-0.05, 0) is 29.8 Å². The van der Waals surface area contributed by atoms with Crippen molar-refractivity contribution in [3.8, 4) is 0 Å². The first kappa shape index (κ1) is 14.7. The first-order valence-corrected chi connectivity index (χ1v) is 6.72. The summed E-state index contributed by atoms with van der Waals surface area (Å²) in [6.45, 7) is 0. The van der Waals surface area contributed by atoms with Crippen LogP contribution in [0.25, 0.3) is 0 Å². The molecule has 0 heterocycles. The molecule has 20 heavy (non-hydrogen) atoms. The van der Waals surface area contributed by atoms with E-state index >= 15 is 0 Å². The molecule has 3 nitrogen and oxygen atoms in total. The van der Waals surface area contributed by atoms with Crippen LogP contribution in [0, 0.1) is 0 Å². The van der Waals surface area contributed by atoms with E-state index in [1.807, 2.05) is 30.3 Å². The molecule has 0 radical (unpaired) electrons. The Hall–Kier alpha value is -1.71. The van der Waals surface area contributed by atoms with Crippen molar-refractivity contribution in [2.24, 2.45) is 0 Å². The zero-order valence-electron chi connectivity index (χ0n) is 10.8. The highest BCUT2D eigenvalue weighted by molar-refractivity contribution is 6.42. The number of hydrogen-bond acceptors (Lipinski definition) is 3. The number of esters is 1. The molecule has 1 atom stereocenters. The standard InChI is InChI=1S/C15H13Cl2NO2/c1-20-15(19)14(18-11-5-3-2-4-6-11)10-7-8-12(16)13(17)9-10/h2-9,14,18H,1H3. The highest BCUT2D eigenvalue weighted by Crippen LogP contribution is 2.28. The number of carbonyl (C=O) groups excluding carboxylic acids is 1. The molecule has 0 saturated carbocycles. The Morgan fingerprint density at radius 3 is 2.40 bits per heavy atom. The Morgan fingerprint density at radius 1 is 1.10 bits per heavy atom. The maximum atomic E-state index is 12.0. The average Bonchev–Trinajstić information content (AvgIpc) is 2.48. The number of rotatable bonds is 4. The Kier molecular flexibility index (Phi) is 4.88. The molecule has 0 aliphatic heterocycles.